The quantitative estimate of drug-likeness (QED) is 0.511. The van der Waals surface area contributed by atoms with Crippen molar-refractivity contribution in [2.45, 2.75) is 88.5 Å². The Kier molecular flexibility index (Phi) is 7.63. The molecule has 0 saturated heterocycles. The van der Waals surface area contributed by atoms with E-state index in [2.05, 4.69) is 44.3 Å². The predicted molar refractivity (Wildman–Crippen MR) is 123 cm³/mol. The number of thioether (sulfide) groups is 1. The summed E-state index contributed by atoms with van der Waals surface area (Å²) in [6.07, 6.45) is 5.73. The van der Waals surface area contributed by atoms with Crippen LogP contribution in [0, 0.1) is 6.92 Å². The summed E-state index contributed by atoms with van der Waals surface area (Å²) < 4.78 is 5.20. The van der Waals surface area contributed by atoms with Crippen molar-refractivity contribution in [2.75, 3.05) is 0 Å². The predicted octanol–water partition coefficient (Wildman–Crippen LogP) is 6.78. The van der Waals surface area contributed by atoms with Crippen molar-refractivity contribution in [3.8, 4) is 10.4 Å². The molecule has 1 amide bonds. The number of alkyl carbamates (subject to hydrolysis) is 1. The minimum atomic E-state index is -0.297. The van der Waals surface area contributed by atoms with Gasteiger partial charge >= 0.3 is 6.09 Å². The van der Waals surface area contributed by atoms with E-state index in [1.54, 1.807) is 0 Å². The number of carbonyl (C=O) groups is 1. The molecule has 1 aromatic carbocycles. The first-order valence-corrected chi connectivity index (χ1v) is 12.2. The van der Waals surface area contributed by atoms with Gasteiger partial charge in [0.05, 0.1) is 16.0 Å². The van der Waals surface area contributed by atoms with Crippen LogP contribution in [0.25, 0.3) is 10.4 Å². The Morgan fingerprint density at radius 1 is 1.21 bits per heavy atom. The highest BCUT2D eigenvalue weighted by Crippen LogP contribution is 2.41. The molecule has 1 saturated carbocycles. The van der Waals surface area contributed by atoms with Gasteiger partial charge in [-0.15, -0.1) is 23.1 Å². The molecule has 1 aliphatic rings. The van der Waals surface area contributed by atoms with Crippen LogP contribution in [0.5, 0.6) is 0 Å². The Balaban J connectivity index is 1.64. The number of thiazole rings is 1. The highest BCUT2D eigenvalue weighted by Gasteiger charge is 2.26. The molecular weight excluding hydrogens is 400 g/mol. The molecule has 1 heterocycles. The van der Waals surface area contributed by atoms with Gasteiger partial charge in [-0.3, -0.25) is 0 Å². The molecule has 0 aliphatic heterocycles. The zero-order chi connectivity index (χ0) is 21.0. The minimum absolute atomic E-state index is 0.0828. The second-order valence-electron chi connectivity index (χ2n) is 8.38. The van der Waals surface area contributed by atoms with Crippen molar-refractivity contribution in [3.05, 3.63) is 35.0 Å². The van der Waals surface area contributed by atoms with E-state index in [1.807, 2.05) is 43.1 Å². The molecule has 0 bridgehead atoms. The standard InChI is InChI=1S/C23H32N2O2S2/c1-14(2)27-23(26)25-18-9-7-17(8-10-18)22-24-13-21(29-22)19-11-6-16(5)12-20(19)28-15(3)4/h6,11-15,17-18H,7-10H2,1-5H3,(H,25,26). The van der Waals surface area contributed by atoms with Gasteiger partial charge in [0.2, 0.25) is 0 Å². The summed E-state index contributed by atoms with van der Waals surface area (Å²) in [6, 6.07) is 6.92. The molecule has 0 spiro atoms. The first-order chi connectivity index (χ1) is 13.8. The Morgan fingerprint density at radius 2 is 1.93 bits per heavy atom. The fraction of sp³-hybridized carbons (Fsp3) is 0.565. The lowest BCUT2D eigenvalue weighted by Crippen LogP contribution is -2.38. The van der Waals surface area contributed by atoms with Crippen LogP contribution in [-0.2, 0) is 4.74 Å². The van der Waals surface area contributed by atoms with Crippen molar-refractivity contribution in [2.24, 2.45) is 0 Å². The number of ether oxygens (including phenoxy) is 1. The van der Waals surface area contributed by atoms with Gasteiger partial charge < -0.3 is 10.1 Å². The van der Waals surface area contributed by atoms with E-state index >= 15 is 0 Å². The second kappa shape index (κ2) is 9.98. The molecule has 1 aliphatic carbocycles. The molecule has 2 aromatic rings. The fourth-order valence-electron chi connectivity index (χ4n) is 3.68. The Hall–Kier alpha value is -1.53. The maximum absolute atomic E-state index is 11.8. The molecule has 0 atom stereocenters. The number of hydrogen-bond donors (Lipinski definition) is 1. The number of nitrogens with one attached hydrogen (secondary N) is 1. The summed E-state index contributed by atoms with van der Waals surface area (Å²) in [4.78, 5) is 19.2. The average Bonchev–Trinajstić information content (AvgIpc) is 3.11. The van der Waals surface area contributed by atoms with Gasteiger partial charge in [-0.2, -0.15) is 0 Å². The van der Waals surface area contributed by atoms with Gasteiger partial charge in [0.25, 0.3) is 0 Å². The summed E-state index contributed by atoms with van der Waals surface area (Å²) in [5, 5.41) is 4.78. The van der Waals surface area contributed by atoms with Crippen LogP contribution in [0.1, 0.15) is 69.9 Å². The molecule has 29 heavy (non-hydrogen) atoms. The minimum Gasteiger partial charge on any atom is -0.447 e. The Labute approximate surface area is 182 Å². The zero-order valence-corrected chi connectivity index (χ0v) is 19.7. The lowest BCUT2D eigenvalue weighted by molar-refractivity contribution is 0.109. The Bertz CT molecular complexity index is 824. The molecule has 0 unspecified atom stereocenters. The number of aromatic nitrogens is 1. The van der Waals surface area contributed by atoms with Crippen LogP contribution in [0.2, 0.25) is 0 Å². The van der Waals surface area contributed by atoms with Crippen molar-refractivity contribution < 1.29 is 9.53 Å². The monoisotopic (exact) mass is 432 g/mol. The zero-order valence-electron chi connectivity index (χ0n) is 18.0. The highest BCUT2D eigenvalue weighted by atomic mass is 32.2. The first-order valence-electron chi connectivity index (χ1n) is 10.5. The number of hydrogen-bond acceptors (Lipinski definition) is 5. The van der Waals surface area contributed by atoms with E-state index in [9.17, 15) is 4.79 Å². The summed E-state index contributed by atoms with van der Waals surface area (Å²) in [5.74, 6) is 0.486. The third-order valence-corrected chi connectivity index (χ3v) is 7.29. The van der Waals surface area contributed by atoms with Gasteiger partial charge in [0, 0.05) is 33.9 Å². The lowest BCUT2D eigenvalue weighted by atomic mass is 9.86. The summed E-state index contributed by atoms with van der Waals surface area (Å²) in [6.45, 7) is 10.4. The smallest absolute Gasteiger partial charge is 0.407 e. The molecule has 1 N–H and O–H groups in total. The summed E-state index contributed by atoms with van der Waals surface area (Å²) in [7, 11) is 0. The maximum Gasteiger partial charge on any atom is 0.407 e. The third-order valence-electron chi connectivity index (χ3n) is 5.03. The Morgan fingerprint density at radius 3 is 2.59 bits per heavy atom. The number of aryl methyl sites for hydroxylation is 1. The number of rotatable bonds is 6. The molecule has 0 radical (unpaired) electrons. The van der Waals surface area contributed by atoms with E-state index in [0.717, 1.165) is 25.7 Å². The van der Waals surface area contributed by atoms with Gasteiger partial charge in [0.1, 0.15) is 0 Å². The van der Waals surface area contributed by atoms with Crippen LogP contribution in [-0.4, -0.2) is 28.5 Å². The highest BCUT2D eigenvalue weighted by molar-refractivity contribution is 8.00. The lowest BCUT2D eigenvalue weighted by Gasteiger charge is -2.28. The van der Waals surface area contributed by atoms with Crippen LogP contribution >= 0.6 is 23.1 Å². The molecule has 6 heteroatoms. The van der Waals surface area contributed by atoms with E-state index in [1.165, 1.54) is 25.9 Å². The van der Waals surface area contributed by atoms with Crippen LogP contribution < -0.4 is 5.32 Å². The average molecular weight is 433 g/mol. The van der Waals surface area contributed by atoms with Crippen LogP contribution in [0.4, 0.5) is 4.79 Å². The molecule has 4 nitrogen and oxygen atoms in total. The van der Waals surface area contributed by atoms with Crippen molar-refractivity contribution in [3.63, 3.8) is 0 Å². The van der Waals surface area contributed by atoms with E-state index in [0.29, 0.717) is 11.2 Å². The second-order valence-corrected chi connectivity index (χ2v) is 11.1. The van der Waals surface area contributed by atoms with Crippen LogP contribution in [0.3, 0.4) is 0 Å². The molecule has 1 aromatic heterocycles. The largest absolute Gasteiger partial charge is 0.447 e. The van der Waals surface area contributed by atoms with E-state index in [4.69, 9.17) is 9.72 Å². The number of nitrogens with zero attached hydrogens (tertiary/aromatic N) is 1. The van der Waals surface area contributed by atoms with Crippen molar-refractivity contribution in [1.29, 1.82) is 0 Å². The molecular formula is C23H32N2O2S2. The van der Waals surface area contributed by atoms with Gasteiger partial charge in [0.15, 0.2) is 0 Å². The van der Waals surface area contributed by atoms with Gasteiger partial charge in [-0.25, -0.2) is 9.78 Å². The SMILES string of the molecule is Cc1ccc(-c2cnc(C3CCC(NC(=O)OC(C)C)CC3)s2)c(SC(C)C)c1. The summed E-state index contributed by atoms with van der Waals surface area (Å²) >= 11 is 3.74. The van der Waals surface area contributed by atoms with E-state index in [-0.39, 0.29) is 18.2 Å². The molecule has 3 rings (SSSR count). The first kappa shape index (κ1) is 22.2. The fourth-order valence-corrected chi connectivity index (χ4v) is 5.94. The number of amides is 1. The normalized spacial score (nSPS) is 19.6. The number of benzene rings is 1. The number of carbonyl (C=O) groups excluding carboxylic acids is 1. The van der Waals surface area contributed by atoms with Crippen molar-refractivity contribution in [1.82, 2.24) is 10.3 Å². The van der Waals surface area contributed by atoms with Crippen LogP contribution in [0.15, 0.2) is 29.3 Å². The molecule has 158 valence electrons. The summed E-state index contributed by atoms with van der Waals surface area (Å²) in [5.41, 5.74) is 2.59. The van der Waals surface area contributed by atoms with Gasteiger partial charge in [-0.05, 0) is 58.1 Å². The van der Waals surface area contributed by atoms with Gasteiger partial charge in [-0.1, -0.05) is 26.0 Å². The van der Waals surface area contributed by atoms with E-state index < -0.39 is 0 Å². The maximum atomic E-state index is 11.8. The topological polar surface area (TPSA) is 51.2 Å². The molecule has 1 fully saturated rings. The van der Waals surface area contributed by atoms with Crippen molar-refractivity contribution >= 4 is 29.2 Å². The third kappa shape index (κ3) is 6.22.